The van der Waals surface area contributed by atoms with Gasteiger partial charge >= 0.3 is 12.1 Å². The van der Waals surface area contributed by atoms with Crippen molar-refractivity contribution in [3.05, 3.63) is 39.9 Å². The first-order chi connectivity index (χ1) is 10.5. The van der Waals surface area contributed by atoms with Crippen molar-refractivity contribution in [3.63, 3.8) is 0 Å². The first-order valence-electron chi connectivity index (χ1n) is 6.85. The van der Waals surface area contributed by atoms with Crippen molar-refractivity contribution in [3.8, 4) is 0 Å². The first kappa shape index (κ1) is 17.4. The van der Waals surface area contributed by atoms with Crippen LogP contribution < -0.4 is 5.32 Å². The van der Waals surface area contributed by atoms with E-state index in [4.69, 9.17) is 9.84 Å². The van der Waals surface area contributed by atoms with Gasteiger partial charge in [0.25, 0.3) is 5.69 Å². The molecule has 0 fully saturated rings. The van der Waals surface area contributed by atoms with E-state index >= 15 is 0 Å². The molecule has 0 saturated heterocycles. The Kier molecular flexibility index (Phi) is 7.38. The number of hydrogen-bond donors (Lipinski definition) is 2. The fourth-order valence-corrected chi connectivity index (χ4v) is 1.68. The van der Waals surface area contributed by atoms with Gasteiger partial charge in [-0.25, -0.2) is 4.79 Å². The molecule has 0 heterocycles. The van der Waals surface area contributed by atoms with Crippen molar-refractivity contribution in [2.24, 2.45) is 0 Å². The topological polar surface area (TPSA) is 119 Å². The SMILES string of the molecule is O=C(O)CCCCCNC(=O)OCc1ccc([N+](=O)[O-])cc1. The summed E-state index contributed by atoms with van der Waals surface area (Å²) in [4.78, 5) is 31.7. The number of carbonyl (C=O) groups excluding carboxylic acids is 1. The number of unbranched alkanes of at least 4 members (excludes halogenated alkanes) is 2. The van der Waals surface area contributed by atoms with Crippen LogP contribution in [0.1, 0.15) is 31.2 Å². The van der Waals surface area contributed by atoms with Gasteiger partial charge in [-0.1, -0.05) is 6.42 Å². The van der Waals surface area contributed by atoms with Gasteiger partial charge in [0.05, 0.1) is 4.92 Å². The van der Waals surface area contributed by atoms with E-state index in [-0.39, 0.29) is 18.7 Å². The molecule has 1 rings (SSSR count). The smallest absolute Gasteiger partial charge is 0.407 e. The Morgan fingerprint density at radius 1 is 1.18 bits per heavy atom. The molecule has 0 bridgehead atoms. The van der Waals surface area contributed by atoms with Crippen LogP contribution in [0, 0.1) is 10.1 Å². The van der Waals surface area contributed by atoms with E-state index in [2.05, 4.69) is 5.32 Å². The number of nitrogens with one attached hydrogen (secondary N) is 1. The van der Waals surface area contributed by atoms with E-state index in [1.165, 1.54) is 24.3 Å². The summed E-state index contributed by atoms with van der Waals surface area (Å²) < 4.78 is 4.96. The molecule has 8 nitrogen and oxygen atoms in total. The summed E-state index contributed by atoms with van der Waals surface area (Å²) in [5, 5.41) is 21.5. The summed E-state index contributed by atoms with van der Waals surface area (Å²) in [7, 11) is 0. The lowest BCUT2D eigenvalue weighted by Gasteiger charge is -2.06. The zero-order valence-corrected chi connectivity index (χ0v) is 12.0. The normalized spacial score (nSPS) is 10.0. The van der Waals surface area contributed by atoms with Crippen molar-refractivity contribution < 1.29 is 24.4 Å². The van der Waals surface area contributed by atoms with E-state index in [0.29, 0.717) is 24.9 Å². The molecule has 0 aliphatic heterocycles. The molecule has 8 heteroatoms. The summed E-state index contributed by atoms with van der Waals surface area (Å²) >= 11 is 0. The van der Waals surface area contributed by atoms with Gasteiger partial charge in [0.15, 0.2) is 0 Å². The van der Waals surface area contributed by atoms with E-state index in [9.17, 15) is 19.7 Å². The summed E-state index contributed by atoms with van der Waals surface area (Å²) in [6.07, 6.45) is 1.53. The van der Waals surface area contributed by atoms with Crippen LogP contribution in [0.15, 0.2) is 24.3 Å². The molecule has 2 N–H and O–H groups in total. The summed E-state index contributed by atoms with van der Waals surface area (Å²) in [5.41, 5.74) is 0.636. The number of aliphatic carboxylic acids is 1. The Balaban J connectivity index is 2.15. The number of benzene rings is 1. The maximum atomic E-state index is 11.4. The van der Waals surface area contributed by atoms with Crippen LogP contribution in [0.5, 0.6) is 0 Å². The minimum atomic E-state index is -0.824. The molecule has 1 amide bonds. The predicted molar refractivity (Wildman–Crippen MR) is 77.4 cm³/mol. The van der Waals surface area contributed by atoms with Crippen LogP contribution in [0.25, 0.3) is 0 Å². The summed E-state index contributed by atoms with van der Waals surface area (Å²) in [6.45, 7) is 0.446. The monoisotopic (exact) mass is 310 g/mol. The molecule has 1 aromatic carbocycles. The Bertz CT molecular complexity index is 515. The number of nitro groups is 1. The molecular weight excluding hydrogens is 292 g/mol. The van der Waals surface area contributed by atoms with E-state index in [1.807, 2.05) is 0 Å². The first-order valence-corrected chi connectivity index (χ1v) is 6.85. The van der Waals surface area contributed by atoms with Crippen LogP contribution >= 0.6 is 0 Å². The van der Waals surface area contributed by atoms with Gasteiger partial charge in [0, 0.05) is 25.1 Å². The van der Waals surface area contributed by atoms with Gasteiger partial charge in [-0.3, -0.25) is 14.9 Å². The van der Waals surface area contributed by atoms with Gasteiger partial charge < -0.3 is 15.2 Å². The molecular formula is C14H18N2O6. The third-order valence-electron chi connectivity index (χ3n) is 2.85. The maximum absolute atomic E-state index is 11.4. The van der Waals surface area contributed by atoms with Gasteiger partial charge in [0.1, 0.15) is 6.61 Å². The zero-order chi connectivity index (χ0) is 16.4. The standard InChI is InChI=1S/C14H18N2O6/c17-13(18)4-2-1-3-9-15-14(19)22-10-11-5-7-12(8-6-11)16(20)21/h5-8H,1-4,9-10H2,(H,15,19)(H,17,18). The van der Waals surface area contributed by atoms with Crippen molar-refractivity contribution in [2.45, 2.75) is 32.3 Å². The van der Waals surface area contributed by atoms with Crippen molar-refractivity contribution >= 4 is 17.7 Å². The molecule has 0 spiro atoms. The average Bonchev–Trinajstić information content (AvgIpc) is 2.48. The van der Waals surface area contributed by atoms with Gasteiger partial charge in [-0.15, -0.1) is 0 Å². The van der Waals surface area contributed by atoms with Crippen LogP contribution in [0.3, 0.4) is 0 Å². The number of rotatable bonds is 9. The fourth-order valence-electron chi connectivity index (χ4n) is 1.68. The summed E-state index contributed by atoms with van der Waals surface area (Å²) in [6, 6.07) is 5.74. The second-order valence-electron chi connectivity index (χ2n) is 4.63. The van der Waals surface area contributed by atoms with Gasteiger partial charge in [-0.2, -0.15) is 0 Å². The Hall–Kier alpha value is -2.64. The fraction of sp³-hybridized carbons (Fsp3) is 0.429. The largest absolute Gasteiger partial charge is 0.481 e. The Morgan fingerprint density at radius 2 is 1.86 bits per heavy atom. The molecule has 22 heavy (non-hydrogen) atoms. The molecule has 0 atom stereocenters. The van der Waals surface area contributed by atoms with Crippen LogP contribution in [-0.4, -0.2) is 28.6 Å². The highest BCUT2D eigenvalue weighted by Crippen LogP contribution is 2.12. The number of carboxylic acid groups (broad SMARTS) is 1. The number of alkyl carbamates (subject to hydrolysis) is 1. The molecule has 1 aromatic rings. The quantitative estimate of drug-likeness (QED) is 0.411. The minimum absolute atomic E-state index is 0.0189. The number of hydrogen-bond acceptors (Lipinski definition) is 5. The molecule has 0 radical (unpaired) electrons. The molecule has 0 saturated carbocycles. The molecule has 0 unspecified atom stereocenters. The Morgan fingerprint density at radius 3 is 2.45 bits per heavy atom. The number of nitrogens with zero attached hydrogens (tertiary/aromatic N) is 1. The lowest BCUT2D eigenvalue weighted by atomic mass is 10.2. The second kappa shape index (κ2) is 9.32. The van der Waals surface area contributed by atoms with E-state index in [1.54, 1.807) is 0 Å². The lowest BCUT2D eigenvalue weighted by molar-refractivity contribution is -0.384. The second-order valence-corrected chi connectivity index (χ2v) is 4.63. The Labute approximate surface area is 127 Å². The highest BCUT2D eigenvalue weighted by atomic mass is 16.6. The van der Waals surface area contributed by atoms with Crippen LogP contribution in [0.2, 0.25) is 0 Å². The minimum Gasteiger partial charge on any atom is -0.481 e. The number of ether oxygens (including phenoxy) is 1. The highest BCUT2D eigenvalue weighted by Gasteiger charge is 2.06. The van der Waals surface area contributed by atoms with Crippen LogP contribution in [-0.2, 0) is 16.1 Å². The highest BCUT2D eigenvalue weighted by molar-refractivity contribution is 5.67. The number of carboxylic acids is 1. The molecule has 0 aliphatic carbocycles. The summed E-state index contributed by atoms with van der Waals surface area (Å²) in [5.74, 6) is -0.824. The number of amides is 1. The molecule has 120 valence electrons. The van der Waals surface area contributed by atoms with E-state index in [0.717, 1.165) is 6.42 Å². The molecule has 0 aromatic heterocycles. The van der Waals surface area contributed by atoms with Gasteiger partial charge in [-0.05, 0) is 30.5 Å². The number of nitro benzene ring substituents is 1. The lowest BCUT2D eigenvalue weighted by Crippen LogP contribution is -2.25. The maximum Gasteiger partial charge on any atom is 0.407 e. The zero-order valence-electron chi connectivity index (χ0n) is 12.0. The predicted octanol–water partition coefficient (Wildman–Crippen LogP) is 2.47. The number of carbonyl (C=O) groups is 2. The third kappa shape index (κ3) is 7.22. The number of non-ortho nitro benzene ring substituents is 1. The van der Waals surface area contributed by atoms with Crippen LogP contribution in [0.4, 0.5) is 10.5 Å². The van der Waals surface area contributed by atoms with Crippen molar-refractivity contribution in [1.82, 2.24) is 5.32 Å². The third-order valence-corrected chi connectivity index (χ3v) is 2.85. The van der Waals surface area contributed by atoms with Crippen molar-refractivity contribution in [2.75, 3.05) is 6.54 Å². The average molecular weight is 310 g/mol. The van der Waals surface area contributed by atoms with E-state index < -0.39 is 17.0 Å². The molecule has 0 aliphatic rings. The van der Waals surface area contributed by atoms with Crippen molar-refractivity contribution in [1.29, 1.82) is 0 Å². The van der Waals surface area contributed by atoms with Gasteiger partial charge in [0.2, 0.25) is 0 Å².